The number of nitrogens with one attached hydrogen (secondary N) is 1. The van der Waals surface area contributed by atoms with Crippen molar-refractivity contribution >= 4 is 23.2 Å². The van der Waals surface area contributed by atoms with Crippen molar-refractivity contribution in [1.82, 2.24) is 25.3 Å². The number of ether oxygens (including phenoxy) is 1. The van der Waals surface area contributed by atoms with Gasteiger partial charge in [-0.25, -0.2) is 4.98 Å². The van der Waals surface area contributed by atoms with Gasteiger partial charge < -0.3 is 19.5 Å². The highest BCUT2D eigenvalue weighted by Gasteiger charge is 2.44. The van der Waals surface area contributed by atoms with Crippen LogP contribution in [0.3, 0.4) is 0 Å². The first-order valence-corrected chi connectivity index (χ1v) is 12.3. The minimum absolute atomic E-state index is 0.0951. The van der Waals surface area contributed by atoms with Crippen molar-refractivity contribution in [2.75, 3.05) is 26.3 Å². The number of hydrogen-bond donors (Lipinski definition) is 1. The highest BCUT2D eigenvalue weighted by atomic mass is 32.1. The molecule has 2 amide bonds. The molecule has 2 fully saturated rings. The van der Waals surface area contributed by atoms with E-state index in [4.69, 9.17) is 9.26 Å². The highest BCUT2D eigenvalue weighted by Crippen LogP contribution is 2.40. The number of hydrogen-bond acceptors (Lipinski definition) is 8. The minimum atomic E-state index is -0.298. The summed E-state index contributed by atoms with van der Waals surface area (Å²) in [7, 11) is 0. The van der Waals surface area contributed by atoms with E-state index in [1.807, 2.05) is 49.1 Å². The lowest BCUT2D eigenvalue weighted by Crippen LogP contribution is -2.43. The van der Waals surface area contributed by atoms with Gasteiger partial charge >= 0.3 is 0 Å². The first kappa shape index (κ1) is 22.7. The average molecular weight is 482 g/mol. The van der Waals surface area contributed by atoms with Crippen molar-refractivity contribution in [3.63, 3.8) is 0 Å². The summed E-state index contributed by atoms with van der Waals surface area (Å²) in [6.07, 6.45) is 1.06. The fraction of sp³-hybridized carbons (Fsp3) is 0.458. The Kier molecular flexibility index (Phi) is 6.42. The summed E-state index contributed by atoms with van der Waals surface area (Å²) in [5, 5.41) is 8.15. The second-order valence-electron chi connectivity index (χ2n) is 8.76. The third-order valence-electron chi connectivity index (χ3n) is 6.45. The number of aromatic nitrogens is 3. The van der Waals surface area contributed by atoms with Gasteiger partial charge in [0.1, 0.15) is 4.88 Å². The van der Waals surface area contributed by atoms with Gasteiger partial charge in [-0.3, -0.25) is 9.59 Å². The summed E-state index contributed by atoms with van der Waals surface area (Å²) in [4.78, 5) is 37.8. The highest BCUT2D eigenvalue weighted by molar-refractivity contribution is 7.13. The molecular weight excluding hydrogens is 454 g/mol. The van der Waals surface area contributed by atoms with Gasteiger partial charge in [0, 0.05) is 30.6 Å². The average Bonchev–Trinajstić information content (AvgIpc) is 3.58. The Hall–Kier alpha value is -3.11. The number of carbonyl (C=O) groups excluding carboxylic acids is 2. The van der Waals surface area contributed by atoms with E-state index in [0.29, 0.717) is 61.4 Å². The summed E-state index contributed by atoms with van der Waals surface area (Å²) in [5.41, 5.74) is 1.56. The first-order valence-electron chi connectivity index (χ1n) is 11.5. The van der Waals surface area contributed by atoms with Crippen LogP contribution in [0.5, 0.6) is 0 Å². The van der Waals surface area contributed by atoms with Crippen LogP contribution in [0, 0.1) is 19.8 Å². The number of thiazole rings is 1. The topological polar surface area (TPSA) is 110 Å². The third kappa shape index (κ3) is 4.60. The Bertz CT molecular complexity index is 1170. The molecule has 5 rings (SSSR count). The lowest BCUT2D eigenvalue weighted by atomic mass is 10.0. The monoisotopic (exact) mass is 481 g/mol. The molecule has 1 saturated carbocycles. The molecule has 0 radical (unpaired) electrons. The Morgan fingerprint density at radius 1 is 1.09 bits per heavy atom. The van der Waals surface area contributed by atoms with Crippen molar-refractivity contribution in [3.8, 4) is 11.4 Å². The lowest BCUT2D eigenvalue weighted by molar-refractivity contribution is -0.139. The van der Waals surface area contributed by atoms with Gasteiger partial charge in [-0.15, -0.1) is 11.3 Å². The van der Waals surface area contributed by atoms with Gasteiger partial charge in [-0.2, -0.15) is 4.98 Å². The molecule has 1 aromatic carbocycles. The third-order valence-corrected chi connectivity index (χ3v) is 7.52. The number of nitrogens with zero attached hydrogens (tertiary/aromatic N) is 4. The lowest BCUT2D eigenvalue weighted by Gasteiger charge is -2.29. The van der Waals surface area contributed by atoms with Crippen LogP contribution in [-0.2, 0) is 9.53 Å². The van der Waals surface area contributed by atoms with Gasteiger partial charge in [0.2, 0.25) is 17.6 Å². The Morgan fingerprint density at radius 3 is 2.56 bits per heavy atom. The number of morpholine rings is 1. The molecule has 9 nitrogen and oxygen atoms in total. The molecule has 2 aromatic heterocycles. The molecule has 10 heteroatoms. The standard InChI is InChI=1S/C24H27N5O4S/c1-14-20(34-15(2)25-14)22(30)26-19-13-17(24(31)29-8-10-32-11-9-29)12-18(19)23-27-21(28-33-23)16-6-4-3-5-7-16/h3-7,17-19H,8-13H2,1-2H3,(H,26,30)/t17-,18-,19+/m1/s1. The van der Waals surface area contributed by atoms with Crippen molar-refractivity contribution in [2.45, 2.75) is 38.6 Å². The molecular formula is C24H27N5O4S. The number of rotatable bonds is 5. The Balaban J connectivity index is 1.39. The summed E-state index contributed by atoms with van der Waals surface area (Å²) in [6, 6.07) is 9.30. The quantitative estimate of drug-likeness (QED) is 0.596. The van der Waals surface area contributed by atoms with E-state index in [9.17, 15) is 9.59 Å². The van der Waals surface area contributed by atoms with E-state index < -0.39 is 0 Å². The predicted molar refractivity (Wildman–Crippen MR) is 125 cm³/mol. The largest absolute Gasteiger partial charge is 0.378 e. The molecule has 178 valence electrons. The zero-order valence-electron chi connectivity index (χ0n) is 19.2. The molecule has 0 unspecified atom stereocenters. The summed E-state index contributed by atoms with van der Waals surface area (Å²) in [6.45, 7) is 6.00. The second-order valence-corrected chi connectivity index (χ2v) is 9.97. The van der Waals surface area contributed by atoms with Crippen molar-refractivity contribution in [2.24, 2.45) is 5.92 Å². The Morgan fingerprint density at radius 2 is 1.85 bits per heavy atom. The van der Waals surface area contributed by atoms with Crippen LogP contribution < -0.4 is 5.32 Å². The number of benzene rings is 1. The number of amides is 2. The van der Waals surface area contributed by atoms with Crippen LogP contribution in [-0.4, -0.2) is 64.2 Å². The van der Waals surface area contributed by atoms with E-state index in [1.165, 1.54) is 11.3 Å². The van der Waals surface area contributed by atoms with E-state index in [2.05, 4.69) is 20.4 Å². The summed E-state index contributed by atoms with van der Waals surface area (Å²) in [5.74, 6) is 0.372. The van der Waals surface area contributed by atoms with Crippen molar-refractivity contribution in [1.29, 1.82) is 0 Å². The molecule has 3 aromatic rings. The normalized spacial score (nSPS) is 22.6. The molecule has 1 saturated heterocycles. The van der Waals surface area contributed by atoms with Crippen molar-refractivity contribution < 1.29 is 18.8 Å². The van der Waals surface area contributed by atoms with Gasteiger partial charge in [0.05, 0.1) is 29.8 Å². The van der Waals surface area contributed by atoms with Gasteiger partial charge in [-0.05, 0) is 26.7 Å². The molecule has 0 spiro atoms. The zero-order chi connectivity index (χ0) is 23.7. The van der Waals surface area contributed by atoms with Crippen molar-refractivity contribution in [3.05, 3.63) is 51.8 Å². The molecule has 0 bridgehead atoms. The molecule has 34 heavy (non-hydrogen) atoms. The minimum Gasteiger partial charge on any atom is -0.378 e. The molecule has 2 aliphatic rings. The molecule has 1 N–H and O–H groups in total. The van der Waals surface area contributed by atoms with Gasteiger partial charge in [-0.1, -0.05) is 35.5 Å². The van der Waals surface area contributed by atoms with Gasteiger partial charge in [0.25, 0.3) is 5.91 Å². The van der Waals surface area contributed by atoms with Crippen LogP contribution in [0.2, 0.25) is 0 Å². The number of aryl methyl sites for hydroxylation is 2. The van der Waals surface area contributed by atoms with Crippen LogP contribution >= 0.6 is 11.3 Å². The fourth-order valence-electron chi connectivity index (χ4n) is 4.78. The van der Waals surface area contributed by atoms with Crippen LogP contribution in [0.4, 0.5) is 0 Å². The first-order chi connectivity index (χ1) is 16.5. The molecule has 1 aliphatic carbocycles. The number of carbonyl (C=O) groups is 2. The molecule has 3 atom stereocenters. The smallest absolute Gasteiger partial charge is 0.263 e. The van der Waals surface area contributed by atoms with E-state index >= 15 is 0 Å². The maximum Gasteiger partial charge on any atom is 0.263 e. The zero-order valence-corrected chi connectivity index (χ0v) is 20.0. The van der Waals surface area contributed by atoms with Crippen LogP contribution in [0.25, 0.3) is 11.4 Å². The van der Waals surface area contributed by atoms with Gasteiger partial charge in [0.15, 0.2) is 0 Å². The summed E-state index contributed by atoms with van der Waals surface area (Å²) < 4.78 is 11.0. The predicted octanol–water partition coefficient (Wildman–Crippen LogP) is 2.96. The second kappa shape index (κ2) is 9.63. The maximum atomic E-state index is 13.2. The van der Waals surface area contributed by atoms with Crippen LogP contribution in [0.15, 0.2) is 34.9 Å². The van der Waals surface area contributed by atoms with E-state index in [0.717, 1.165) is 10.6 Å². The van der Waals surface area contributed by atoms with E-state index in [-0.39, 0.29) is 29.7 Å². The summed E-state index contributed by atoms with van der Waals surface area (Å²) >= 11 is 1.37. The Labute approximate surface area is 201 Å². The molecule has 1 aliphatic heterocycles. The van der Waals surface area contributed by atoms with Crippen LogP contribution in [0.1, 0.15) is 45.0 Å². The molecule has 3 heterocycles. The fourth-order valence-corrected chi connectivity index (χ4v) is 5.60. The van der Waals surface area contributed by atoms with E-state index in [1.54, 1.807) is 0 Å². The SMILES string of the molecule is Cc1nc(C)c(C(=O)N[C@H]2C[C@H](C(=O)N3CCOCC3)C[C@H]2c2nc(-c3ccccc3)no2)s1. The maximum absolute atomic E-state index is 13.2.